The molecule has 1 fully saturated rings. The number of nitrogens with two attached hydrogens (primary N) is 1. The molecule has 26 heavy (non-hydrogen) atoms. The zero-order chi connectivity index (χ0) is 19.1. The molecule has 8 heteroatoms. The van der Waals surface area contributed by atoms with E-state index in [2.05, 4.69) is 15.5 Å². The van der Waals surface area contributed by atoms with Crippen LogP contribution in [0.1, 0.15) is 36.5 Å². The number of anilines is 1. The minimum atomic E-state index is -0.252. The fourth-order valence-corrected chi connectivity index (χ4v) is 3.34. The van der Waals surface area contributed by atoms with Crippen LogP contribution in [0.25, 0.3) is 0 Å². The van der Waals surface area contributed by atoms with Gasteiger partial charge in [-0.1, -0.05) is 11.6 Å². The fourth-order valence-electron chi connectivity index (χ4n) is 3.07. The smallest absolute Gasteiger partial charge is 0.252 e. The van der Waals surface area contributed by atoms with Crippen molar-refractivity contribution in [2.45, 2.75) is 26.2 Å². The predicted octanol–water partition coefficient (Wildman–Crippen LogP) is 1.62. The maximum atomic E-state index is 12.2. The average Bonchev–Trinajstić information content (AvgIpc) is 2.58. The summed E-state index contributed by atoms with van der Waals surface area (Å²) in [5.74, 6) is -0.757. The van der Waals surface area contributed by atoms with Gasteiger partial charge in [0.1, 0.15) is 0 Å². The average molecular weight is 381 g/mol. The number of hydrogen-bond donors (Lipinski definition) is 3. The molecule has 4 N–H and O–H groups in total. The molecule has 1 aliphatic heterocycles. The van der Waals surface area contributed by atoms with Gasteiger partial charge >= 0.3 is 0 Å². The molecule has 142 valence electrons. The van der Waals surface area contributed by atoms with Crippen molar-refractivity contribution in [3.63, 3.8) is 0 Å². The molecule has 1 saturated heterocycles. The number of benzene rings is 1. The van der Waals surface area contributed by atoms with Crippen LogP contribution in [0, 0.1) is 5.92 Å². The monoisotopic (exact) mass is 380 g/mol. The molecule has 0 aromatic heterocycles. The first-order valence-corrected chi connectivity index (χ1v) is 9.11. The zero-order valence-electron chi connectivity index (χ0n) is 14.9. The Kier molecular flexibility index (Phi) is 7.41. The Bertz CT molecular complexity index is 680. The lowest BCUT2D eigenvalue weighted by molar-refractivity contribution is -0.123. The summed E-state index contributed by atoms with van der Waals surface area (Å²) in [6.45, 7) is 4.37. The van der Waals surface area contributed by atoms with Crippen molar-refractivity contribution in [2.75, 3.05) is 31.5 Å². The van der Waals surface area contributed by atoms with Gasteiger partial charge in [-0.25, -0.2) is 0 Å². The third-order valence-corrected chi connectivity index (χ3v) is 4.69. The molecule has 1 aromatic rings. The van der Waals surface area contributed by atoms with Gasteiger partial charge in [0, 0.05) is 25.7 Å². The molecule has 0 bridgehead atoms. The van der Waals surface area contributed by atoms with Crippen LogP contribution >= 0.6 is 11.6 Å². The molecule has 0 spiro atoms. The third-order valence-electron chi connectivity index (χ3n) is 4.38. The Morgan fingerprint density at radius 3 is 2.77 bits per heavy atom. The van der Waals surface area contributed by atoms with E-state index < -0.39 is 0 Å². The van der Waals surface area contributed by atoms with E-state index >= 15 is 0 Å². The number of likely N-dealkylation sites (tertiary alicyclic amines) is 1. The van der Waals surface area contributed by atoms with Crippen LogP contribution in [0.15, 0.2) is 18.2 Å². The molecule has 0 aliphatic carbocycles. The van der Waals surface area contributed by atoms with E-state index in [1.807, 2.05) is 0 Å². The zero-order valence-corrected chi connectivity index (χ0v) is 15.6. The first kappa shape index (κ1) is 20.2. The van der Waals surface area contributed by atoms with E-state index in [0.717, 1.165) is 32.4 Å². The summed E-state index contributed by atoms with van der Waals surface area (Å²) < 4.78 is 0. The molecule has 1 atom stereocenters. The van der Waals surface area contributed by atoms with Gasteiger partial charge < -0.3 is 21.3 Å². The summed E-state index contributed by atoms with van der Waals surface area (Å²) in [4.78, 5) is 36.8. The molecule has 2 rings (SSSR count). The molecule has 1 heterocycles. The minimum absolute atomic E-state index is 0.0701. The van der Waals surface area contributed by atoms with Crippen molar-refractivity contribution in [1.82, 2.24) is 10.2 Å². The summed E-state index contributed by atoms with van der Waals surface area (Å²) in [5.41, 5.74) is 6.30. The summed E-state index contributed by atoms with van der Waals surface area (Å²) in [7, 11) is 0. The number of primary amides is 1. The second-order valence-electron chi connectivity index (χ2n) is 6.53. The van der Waals surface area contributed by atoms with Crippen LogP contribution in [0.5, 0.6) is 0 Å². The molecule has 1 unspecified atom stereocenters. The standard InChI is InChI=1S/C18H25ClN4O3/c1-12(24)22-14-5-6-15(16(19)10-14)18(26)21-7-3-9-23-8-2-4-13(11-23)17(20)25/h5-6,10,13H,2-4,7-9,11H2,1H3,(H2,20,25)(H,21,26)(H,22,24). The van der Waals surface area contributed by atoms with E-state index in [1.54, 1.807) is 18.2 Å². The molecule has 0 saturated carbocycles. The number of carbonyl (C=O) groups is 3. The quantitative estimate of drug-likeness (QED) is 0.625. The highest BCUT2D eigenvalue weighted by Gasteiger charge is 2.23. The van der Waals surface area contributed by atoms with Crippen LogP contribution in [0.3, 0.4) is 0 Å². The Labute approximate surface area is 158 Å². The van der Waals surface area contributed by atoms with Crippen molar-refractivity contribution >= 4 is 35.0 Å². The van der Waals surface area contributed by atoms with Gasteiger partial charge in [-0.15, -0.1) is 0 Å². The van der Waals surface area contributed by atoms with E-state index in [4.69, 9.17) is 17.3 Å². The van der Waals surface area contributed by atoms with E-state index in [0.29, 0.717) is 24.3 Å². The van der Waals surface area contributed by atoms with Crippen molar-refractivity contribution in [3.05, 3.63) is 28.8 Å². The second-order valence-corrected chi connectivity index (χ2v) is 6.93. The van der Waals surface area contributed by atoms with E-state index in [1.165, 1.54) is 6.92 Å². The van der Waals surface area contributed by atoms with Gasteiger partial charge in [0.15, 0.2) is 0 Å². The maximum absolute atomic E-state index is 12.2. The Morgan fingerprint density at radius 1 is 1.35 bits per heavy atom. The number of nitrogens with zero attached hydrogens (tertiary/aromatic N) is 1. The normalized spacial score (nSPS) is 17.5. The first-order valence-electron chi connectivity index (χ1n) is 8.74. The Morgan fingerprint density at radius 2 is 2.12 bits per heavy atom. The highest BCUT2D eigenvalue weighted by atomic mass is 35.5. The van der Waals surface area contributed by atoms with Gasteiger partial charge in [0.25, 0.3) is 5.91 Å². The van der Waals surface area contributed by atoms with Gasteiger partial charge in [0.2, 0.25) is 11.8 Å². The number of hydrogen-bond acceptors (Lipinski definition) is 4. The molecule has 0 radical (unpaired) electrons. The molecule has 1 aliphatic rings. The van der Waals surface area contributed by atoms with E-state index in [-0.39, 0.29) is 28.7 Å². The molecule has 1 aromatic carbocycles. The first-order chi connectivity index (χ1) is 12.4. The number of nitrogens with one attached hydrogen (secondary N) is 2. The Hall–Kier alpha value is -2.12. The highest BCUT2D eigenvalue weighted by Crippen LogP contribution is 2.21. The minimum Gasteiger partial charge on any atom is -0.369 e. The van der Waals surface area contributed by atoms with Crippen LogP contribution in [-0.4, -0.2) is 48.8 Å². The number of halogens is 1. The van der Waals surface area contributed by atoms with Gasteiger partial charge in [-0.2, -0.15) is 0 Å². The van der Waals surface area contributed by atoms with E-state index in [9.17, 15) is 14.4 Å². The van der Waals surface area contributed by atoms with Crippen molar-refractivity contribution in [1.29, 1.82) is 0 Å². The number of piperidine rings is 1. The predicted molar refractivity (Wildman–Crippen MR) is 101 cm³/mol. The number of amides is 3. The summed E-state index contributed by atoms with van der Waals surface area (Å²) in [6, 6.07) is 4.78. The van der Waals surface area contributed by atoms with Gasteiger partial charge in [0.05, 0.1) is 16.5 Å². The summed E-state index contributed by atoms with van der Waals surface area (Å²) in [5, 5.41) is 5.75. The Balaban J connectivity index is 1.76. The molecule has 3 amide bonds. The lowest BCUT2D eigenvalue weighted by atomic mass is 9.97. The van der Waals surface area contributed by atoms with Gasteiger partial charge in [-0.05, 0) is 50.6 Å². The largest absolute Gasteiger partial charge is 0.369 e. The highest BCUT2D eigenvalue weighted by molar-refractivity contribution is 6.34. The van der Waals surface area contributed by atoms with Crippen LogP contribution < -0.4 is 16.4 Å². The summed E-state index contributed by atoms with van der Waals surface area (Å²) in [6.07, 6.45) is 2.60. The fraction of sp³-hybridized carbons (Fsp3) is 0.500. The lowest BCUT2D eigenvalue weighted by Crippen LogP contribution is -2.42. The van der Waals surface area contributed by atoms with Crippen molar-refractivity contribution in [2.24, 2.45) is 11.7 Å². The molecular weight excluding hydrogens is 356 g/mol. The number of rotatable bonds is 7. The van der Waals surface area contributed by atoms with Crippen LogP contribution in [-0.2, 0) is 9.59 Å². The van der Waals surface area contributed by atoms with Crippen molar-refractivity contribution in [3.8, 4) is 0 Å². The van der Waals surface area contributed by atoms with Gasteiger partial charge in [-0.3, -0.25) is 14.4 Å². The second kappa shape index (κ2) is 9.54. The lowest BCUT2D eigenvalue weighted by Gasteiger charge is -2.31. The topological polar surface area (TPSA) is 105 Å². The number of carbonyl (C=O) groups excluding carboxylic acids is 3. The van der Waals surface area contributed by atoms with Crippen molar-refractivity contribution < 1.29 is 14.4 Å². The third kappa shape index (κ3) is 6.00. The van der Waals surface area contributed by atoms with Crippen LogP contribution in [0.2, 0.25) is 5.02 Å². The molecule has 7 nitrogen and oxygen atoms in total. The summed E-state index contributed by atoms with van der Waals surface area (Å²) >= 11 is 6.12. The maximum Gasteiger partial charge on any atom is 0.252 e. The van der Waals surface area contributed by atoms with Crippen LogP contribution in [0.4, 0.5) is 5.69 Å². The molecular formula is C18H25ClN4O3. The SMILES string of the molecule is CC(=O)Nc1ccc(C(=O)NCCCN2CCCC(C(N)=O)C2)c(Cl)c1.